The lowest BCUT2D eigenvalue weighted by atomic mass is 10.0. The van der Waals surface area contributed by atoms with Gasteiger partial charge in [0.25, 0.3) is 0 Å². The Balaban J connectivity index is 1.81. The van der Waals surface area contributed by atoms with Crippen LogP contribution in [0.5, 0.6) is 0 Å². The second-order valence-electron chi connectivity index (χ2n) is 6.29. The fourth-order valence-corrected chi connectivity index (χ4v) is 5.80. The van der Waals surface area contributed by atoms with Crippen LogP contribution in [-0.2, 0) is 21.3 Å². The fraction of sp³-hybridized carbons (Fsp3) is 0.714. The summed E-state index contributed by atoms with van der Waals surface area (Å²) in [6.45, 7) is 5.44. The molecule has 0 radical (unpaired) electrons. The second kappa shape index (κ2) is 5.62. The standard InChI is InChI=1S/C14H22N2O3S2/c1-10-8-20-12(7-15-11-3-4-11)13(10)21(17,18)16-14(2)5-6-19-9-14/h8,11,15-16H,3-7,9H2,1-2H3. The molecule has 0 aromatic carbocycles. The Kier molecular flexibility index (Phi) is 4.13. The maximum Gasteiger partial charge on any atom is 0.242 e. The highest BCUT2D eigenvalue weighted by Crippen LogP contribution is 2.30. The van der Waals surface area contributed by atoms with E-state index in [1.807, 2.05) is 19.2 Å². The van der Waals surface area contributed by atoms with Crippen molar-refractivity contribution in [1.29, 1.82) is 0 Å². The largest absolute Gasteiger partial charge is 0.379 e. The molecule has 3 rings (SSSR count). The van der Waals surface area contributed by atoms with Gasteiger partial charge in [-0.15, -0.1) is 11.3 Å². The molecule has 5 nitrogen and oxygen atoms in total. The third-order valence-corrected chi connectivity index (χ3v) is 7.09. The van der Waals surface area contributed by atoms with Crippen molar-refractivity contribution in [3.63, 3.8) is 0 Å². The van der Waals surface area contributed by atoms with Crippen molar-refractivity contribution >= 4 is 21.4 Å². The summed E-state index contributed by atoms with van der Waals surface area (Å²) in [4.78, 5) is 1.35. The molecule has 7 heteroatoms. The average molecular weight is 330 g/mol. The van der Waals surface area contributed by atoms with Crippen LogP contribution in [0.3, 0.4) is 0 Å². The van der Waals surface area contributed by atoms with Gasteiger partial charge in [-0.05, 0) is 44.1 Å². The molecule has 0 amide bonds. The normalized spacial score (nSPS) is 26.4. The van der Waals surface area contributed by atoms with Crippen LogP contribution in [0.2, 0.25) is 0 Å². The van der Waals surface area contributed by atoms with E-state index in [9.17, 15) is 8.42 Å². The monoisotopic (exact) mass is 330 g/mol. The first-order valence-electron chi connectivity index (χ1n) is 7.32. The zero-order valence-corrected chi connectivity index (χ0v) is 14.1. The van der Waals surface area contributed by atoms with E-state index in [1.54, 1.807) is 0 Å². The number of hydrogen-bond donors (Lipinski definition) is 2. The molecule has 0 spiro atoms. The van der Waals surface area contributed by atoms with Crippen molar-refractivity contribution in [3.05, 3.63) is 15.8 Å². The third kappa shape index (κ3) is 3.48. The summed E-state index contributed by atoms with van der Waals surface area (Å²) >= 11 is 1.52. The van der Waals surface area contributed by atoms with Crippen LogP contribution < -0.4 is 10.0 Å². The van der Waals surface area contributed by atoms with Crippen LogP contribution in [0.4, 0.5) is 0 Å². The number of ether oxygens (including phenoxy) is 1. The van der Waals surface area contributed by atoms with Gasteiger partial charge in [-0.1, -0.05) is 0 Å². The molecule has 2 fully saturated rings. The molecule has 1 aliphatic heterocycles. The van der Waals surface area contributed by atoms with Crippen LogP contribution in [0, 0.1) is 6.92 Å². The number of nitrogens with one attached hydrogen (secondary N) is 2. The van der Waals surface area contributed by atoms with Gasteiger partial charge in [0.05, 0.1) is 12.1 Å². The summed E-state index contributed by atoms with van der Waals surface area (Å²) < 4.78 is 33.7. The van der Waals surface area contributed by atoms with Gasteiger partial charge in [0, 0.05) is 24.1 Å². The molecule has 118 valence electrons. The van der Waals surface area contributed by atoms with Gasteiger partial charge in [-0.2, -0.15) is 0 Å². The van der Waals surface area contributed by atoms with E-state index in [0.717, 1.165) is 10.4 Å². The maximum absolute atomic E-state index is 12.8. The summed E-state index contributed by atoms with van der Waals surface area (Å²) in [7, 11) is -3.51. The first-order valence-corrected chi connectivity index (χ1v) is 9.68. The molecule has 1 aromatic rings. The van der Waals surface area contributed by atoms with Crippen molar-refractivity contribution in [2.75, 3.05) is 13.2 Å². The number of sulfonamides is 1. The van der Waals surface area contributed by atoms with Gasteiger partial charge >= 0.3 is 0 Å². The van der Waals surface area contributed by atoms with Crippen LogP contribution in [0.15, 0.2) is 10.3 Å². The minimum atomic E-state index is -3.51. The summed E-state index contributed by atoms with van der Waals surface area (Å²) in [5, 5.41) is 5.32. The molecular weight excluding hydrogens is 308 g/mol. The lowest BCUT2D eigenvalue weighted by Gasteiger charge is -2.23. The number of thiophene rings is 1. The summed E-state index contributed by atoms with van der Waals surface area (Å²) in [5.74, 6) is 0. The van der Waals surface area contributed by atoms with Gasteiger partial charge in [-0.25, -0.2) is 13.1 Å². The lowest BCUT2D eigenvalue weighted by molar-refractivity contribution is 0.178. The lowest BCUT2D eigenvalue weighted by Crippen LogP contribution is -2.46. The molecule has 2 N–H and O–H groups in total. The molecule has 2 heterocycles. The fourth-order valence-electron chi connectivity index (χ4n) is 2.62. The van der Waals surface area contributed by atoms with Crippen LogP contribution in [0.1, 0.15) is 36.6 Å². The van der Waals surface area contributed by atoms with Gasteiger partial charge in [0.15, 0.2) is 0 Å². The van der Waals surface area contributed by atoms with Gasteiger partial charge in [-0.3, -0.25) is 0 Å². The van der Waals surface area contributed by atoms with E-state index < -0.39 is 15.6 Å². The average Bonchev–Trinajstić information content (AvgIpc) is 3.01. The molecule has 1 saturated carbocycles. The predicted molar refractivity (Wildman–Crippen MR) is 83.1 cm³/mol. The van der Waals surface area contributed by atoms with E-state index >= 15 is 0 Å². The zero-order chi connectivity index (χ0) is 15.1. The molecule has 0 bridgehead atoms. The quantitative estimate of drug-likeness (QED) is 0.834. The Morgan fingerprint density at radius 3 is 2.86 bits per heavy atom. The van der Waals surface area contributed by atoms with E-state index in [2.05, 4.69) is 10.0 Å². The summed E-state index contributed by atoms with van der Waals surface area (Å²) in [6.07, 6.45) is 3.10. The van der Waals surface area contributed by atoms with Crippen molar-refractivity contribution in [3.8, 4) is 0 Å². The van der Waals surface area contributed by atoms with E-state index in [0.29, 0.717) is 37.1 Å². The van der Waals surface area contributed by atoms with E-state index in [4.69, 9.17) is 4.74 Å². The highest BCUT2D eigenvalue weighted by Gasteiger charge is 2.36. The molecule has 1 aromatic heterocycles. The molecule has 1 aliphatic carbocycles. The van der Waals surface area contributed by atoms with Gasteiger partial charge < -0.3 is 10.1 Å². The van der Waals surface area contributed by atoms with E-state index in [1.165, 1.54) is 24.2 Å². The SMILES string of the molecule is Cc1csc(CNC2CC2)c1S(=O)(=O)NC1(C)CCOC1. The number of hydrogen-bond acceptors (Lipinski definition) is 5. The number of aryl methyl sites for hydroxylation is 1. The minimum Gasteiger partial charge on any atom is -0.379 e. The van der Waals surface area contributed by atoms with Crippen molar-refractivity contribution in [2.24, 2.45) is 0 Å². The minimum absolute atomic E-state index is 0.436. The van der Waals surface area contributed by atoms with Gasteiger partial charge in [0.2, 0.25) is 10.0 Å². The topological polar surface area (TPSA) is 67.4 Å². The molecule has 1 unspecified atom stereocenters. The Bertz CT molecular complexity index is 614. The van der Waals surface area contributed by atoms with Crippen molar-refractivity contribution < 1.29 is 13.2 Å². The molecular formula is C14H22N2O3S2. The Morgan fingerprint density at radius 2 is 2.24 bits per heavy atom. The second-order valence-corrected chi connectivity index (χ2v) is 8.88. The van der Waals surface area contributed by atoms with Gasteiger partial charge in [0.1, 0.15) is 4.90 Å². The van der Waals surface area contributed by atoms with Crippen LogP contribution in [-0.4, -0.2) is 33.2 Å². The molecule has 1 atom stereocenters. The predicted octanol–water partition coefficient (Wildman–Crippen LogP) is 1.77. The Labute approximate surface area is 130 Å². The van der Waals surface area contributed by atoms with Crippen LogP contribution in [0.25, 0.3) is 0 Å². The zero-order valence-electron chi connectivity index (χ0n) is 12.4. The summed E-state index contributed by atoms with van der Waals surface area (Å²) in [6, 6.07) is 0.566. The van der Waals surface area contributed by atoms with Crippen molar-refractivity contribution in [2.45, 2.75) is 56.1 Å². The summed E-state index contributed by atoms with van der Waals surface area (Å²) in [5.41, 5.74) is 0.330. The van der Waals surface area contributed by atoms with E-state index in [-0.39, 0.29) is 0 Å². The first kappa shape index (κ1) is 15.4. The maximum atomic E-state index is 12.8. The highest BCUT2D eigenvalue weighted by molar-refractivity contribution is 7.89. The molecule has 1 saturated heterocycles. The third-order valence-electron chi connectivity index (χ3n) is 3.99. The highest BCUT2D eigenvalue weighted by atomic mass is 32.2. The Hall–Kier alpha value is -0.470. The van der Waals surface area contributed by atoms with Crippen LogP contribution >= 0.6 is 11.3 Å². The smallest absolute Gasteiger partial charge is 0.242 e. The molecule has 2 aliphatic rings. The van der Waals surface area contributed by atoms with Crippen molar-refractivity contribution in [1.82, 2.24) is 10.0 Å². The molecule has 21 heavy (non-hydrogen) atoms. The Morgan fingerprint density at radius 1 is 1.48 bits per heavy atom. The first-order chi connectivity index (χ1) is 9.90. The number of rotatable bonds is 6.